The summed E-state index contributed by atoms with van der Waals surface area (Å²) in [5.74, 6) is -0.470. The topological polar surface area (TPSA) is 101 Å². The minimum Gasteiger partial charge on any atom is -0.349 e. The third-order valence-corrected chi connectivity index (χ3v) is 4.75. The van der Waals surface area contributed by atoms with Crippen molar-refractivity contribution in [2.45, 2.75) is 38.6 Å². The van der Waals surface area contributed by atoms with Crippen molar-refractivity contribution >= 4 is 23.2 Å². The molecule has 0 atom stereocenters. The van der Waals surface area contributed by atoms with Gasteiger partial charge in [-0.2, -0.15) is 0 Å². The summed E-state index contributed by atoms with van der Waals surface area (Å²) in [5.41, 5.74) is 1.83. The third-order valence-electron chi connectivity index (χ3n) is 4.75. The summed E-state index contributed by atoms with van der Waals surface area (Å²) >= 11 is 0. The van der Waals surface area contributed by atoms with E-state index < -0.39 is 4.92 Å². The second-order valence-corrected chi connectivity index (χ2v) is 6.74. The number of nitro groups is 1. The fourth-order valence-electron chi connectivity index (χ4n) is 3.25. The Morgan fingerprint density at radius 2 is 1.63 bits per heavy atom. The molecule has 0 saturated heterocycles. The molecule has 1 saturated carbocycles. The Hall–Kier alpha value is -3.22. The molecular formula is C20H21N3O4. The van der Waals surface area contributed by atoms with Crippen LogP contribution in [0.5, 0.6) is 0 Å². The van der Waals surface area contributed by atoms with E-state index in [4.69, 9.17) is 0 Å². The highest BCUT2D eigenvalue weighted by Gasteiger charge is 2.18. The standard InChI is InChI=1S/C20H21N3O4/c1-13-12-15(8-11-18(13)23(26)27)20(25)22-17-9-6-14(7-10-17)19(24)21-16-4-2-3-5-16/h6-12,16H,2-5H2,1H3,(H,21,24)(H,22,25). The normalized spacial score (nSPS) is 14.0. The highest BCUT2D eigenvalue weighted by Crippen LogP contribution is 2.20. The molecule has 0 unspecified atom stereocenters. The van der Waals surface area contributed by atoms with E-state index in [1.54, 1.807) is 31.2 Å². The number of aryl methyl sites for hydroxylation is 1. The molecule has 27 heavy (non-hydrogen) atoms. The number of anilines is 1. The summed E-state index contributed by atoms with van der Waals surface area (Å²) in [7, 11) is 0. The molecule has 2 aromatic carbocycles. The van der Waals surface area contributed by atoms with Gasteiger partial charge in [0.15, 0.2) is 0 Å². The molecule has 7 heteroatoms. The number of nitro benzene ring substituents is 1. The van der Waals surface area contributed by atoms with Gasteiger partial charge < -0.3 is 10.6 Å². The summed E-state index contributed by atoms with van der Waals surface area (Å²) < 4.78 is 0. The van der Waals surface area contributed by atoms with Crippen LogP contribution in [0.15, 0.2) is 42.5 Å². The lowest BCUT2D eigenvalue weighted by Crippen LogP contribution is -2.32. The molecule has 0 radical (unpaired) electrons. The Balaban J connectivity index is 1.63. The quantitative estimate of drug-likeness (QED) is 0.619. The lowest BCUT2D eigenvalue weighted by molar-refractivity contribution is -0.385. The summed E-state index contributed by atoms with van der Waals surface area (Å²) in [6.07, 6.45) is 4.35. The van der Waals surface area contributed by atoms with Crippen LogP contribution in [0, 0.1) is 17.0 Å². The molecule has 2 amide bonds. The number of benzene rings is 2. The first-order chi connectivity index (χ1) is 12.9. The first-order valence-electron chi connectivity index (χ1n) is 8.91. The zero-order valence-electron chi connectivity index (χ0n) is 15.0. The minimum absolute atomic E-state index is 0.0239. The number of nitrogens with zero attached hydrogens (tertiary/aromatic N) is 1. The molecule has 1 fully saturated rings. The van der Waals surface area contributed by atoms with Crippen LogP contribution in [-0.4, -0.2) is 22.8 Å². The smallest absolute Gasteiger partial charge is 0.272 e. The first-order valence-corrected chi connectivity index (χ1v) is 8.91. The highest BCUT2D eigenvalue weighted by atomic mass is 16.6. The van der Waals surface area contributed by atoms with E-state index in [0.717, 1.165) is 25.7 Å². The Morgan fingerprint density at radius 3 is 2.22 bits per heavy atom. The number of carbonyl (C=O) groups excluding carboxylic acids is 2. The Morgan fingerprint density at radius 1 is 1.00 bits per heavy atom. The zero-order chi connectivity index (χ0) is 19.4. The Bertz CT molecular complexity index is 871. The average Bonchev–Trinajstić information content (AvgIpc) is 3.14. The Kier molecular flexibility index (Phi) is 5.49. The molecule has 0 bridgehead atoms. The van der Waals surface area contributed by atoms with E-state index >= 15 is 0 Å². The van der Waals surface area contributed by atoms with Crippen molar-refractivity contribution in [3.63, 3.8) is 0 Å². The van der Waals surface area contributed by atoms with Gasteiger partial charge in [0, 0.05) is 34.5 Å². The van der Waals surface area contributed by atoms with Crippen LogP contribution >= 0.6 is 0 Å². The number of rotatable bonds is 5. The maximum absolute atomic E-state index is 12.3. The molecule has 1 aliphatic rings. The minimum atomic E-state index is -0.480. The van der Waals surface area contributed by atoms with Crippen LogP contribution in [0.4, 0.5) is 11.4 Å². The van der Waals surface area contributed by atoms with E-state index in [9.17, 15) is 19.7 Å². The molecule has 0 heterocycles. The maximum Gasteiger partial charge on any atom is 0.272 e. The first kappa shape index (κ1) is 18.6. The van der Waals surface area contributed by atoms with Gasteiger partial charge in [-0.15, -0.1) is 0 Å². The average molecular weight is 367 g/mol. The number of carbonyl (C=O) groups is 2. The van der Waals surface area contributed by atoms with Gasteiger partial charge in [0.05, 0.1) is 4.92 Å². The van der Waals surface area contributed by atoms with E-state index in [2.05, 4.69) is 10.6 Å². The van der Waals surface area contributed by atoms with Crippen LogP contribution in [0.25, 0.3) is 0 Å². The van der Waals surface area contributed by atoms with Crippen molar-refractivity contribution < 1.29 is 14.5 Å². The molecule has 0 aromatic heterocycles. The number of amides is 2. The van der Waals surface area contributed by atoms with E-state index in [-0.39, 0.29) is 23.5 Å². The van der Waals surface area contributed by atoms with Crippen molar-refractivity contribution in [3.05, 3.63) is 69.3 Å². The maximum atomic E-state index is 12.3. The number of nitrogens with one attached hydrogen (secondary N) is 2. The molecule has 140 valence electrons. The lowest BCUT2D eigenvalue weighted by Gasteiger charge is -2.12. The number of hydrogen-bond acceptors (Lipinski definition) is 4. The molecular weight excluding hydrogens is 346 g/mol. The lowest BCUT2D eigenvalue weighted by atomic mass is 10.1. The van der Waals surface area contributed by atoms with E-state index in [1.165, 1.54) is 18.2 Å². The van der Waals surface area contributed by atoms with Gasteiger partial charge >= 0.3 is 0 Å². The monoisotopic (exact) mass is 367 g/mol. The van der Waals surface area contributed by atoms with Crippen LogP contribution in [0.1, 0.15) is 52.0 Å². The number of hydrogen-bond donors (Lipinski definition) is 2. The van der Waals surface area contributed by atoms with Gasteiger partial charge in [0.2, 0.25) is 0 Å². The molecule has 1 aliphatic carbocycles. The predicted molar refractivity (Wildman–Crippen MR) is 102 cm³/mol. The van der Waals surface area contributed by atoms with Crippen molar-refractivity contribution in [1.82, 2.24) is 5.32 Å². The summed E-state index contributed by atoms with van der Waals surface area (Å²) in [4.78, 5) is 34.9. The Labute approximate surface area is 156 Å². The van der Waals surface area contributed by atoms with Gasteiger partial charge in [-0.3, -0.25) is 19.7 Å². The summed E-state index contributed by atoms with van der Waals surface area (Å²) in [6, 6.07) is 11.1. The van der Waals surface area contributed by atoms with Crippen molar-refractivity contribution in [2.75, 3.05) is 5.32 Å². The van der Waals surface area contributed by atoms with Crippen molar-refractivity contribution in [1.29, 1.82) is 0 Å². The molecule has 3 rings (SSSR count). The van der Waals surface area contributed by atoms with Gasteiger partial charge in [-0.1, -0.05) is 12.8 Å². The molecule has 0 spiro atoms. The molecule has 7 nitrogen and oxygen atoms in total. The fourth-order valence-corrected chi connectivity index (χ4v) is 3.25. The third kappa shape index (κ3) is 4.49. The van der Waals surface area contributed by atoms with Crippen LogP contribution < -0.4 is 10.6 Å². The highest BCUT2D eigenvalue weighted by molar-refractivity contribution is 6.05. The van der Waals surface area contributed by atoms with Gasteiger partial charge in [-0.25, -0.2) is 0 Å². The van der Waals surface area contributed by atoms with Gasteiger partial charge in [0.25, 0.3) is 17.5 Å². The summed E-state index contributed by atoms with van der Waals surface area (Å²) in [5, 5.41) is 16.6. The molecule has 2 N–H and O–H groups in total. The van der Waals surface area contributed by atoms with Crippen LogP contribution in [0.3, 0.4) is 0 Å². The SMILES string of the molecule is Cc1cc(C(=O)Nc2ccc(C(=O)NC3CCCC3)cc2)ccc1[N+](=O)[O-]. The van der Waals surface area contributed by atoms with Crippen molar-refractivity contribution in [2.24, 2.45) is 0 Å². The van der Waals surface area contributed by atoms with E-state index in [0.29, 0.717) is 22.4 Å². The second-order valence-electron chi connectivity index (χ2n) is 6.74. The van der Waals surface area contributed by atoms with Gasteiger partial charge in [0.1, 0.15) is 0 Å². The van der Waals surface area contributed by atoms with Crippen LogP contribution in [-0.2, 0) is 0 Å². The predicted octanol–water partition coefficient (Wildman–Crippen LogP) is 3.83. The molecule has 2 aromatic rings. The fraction of sp³-hybridized carbons (Fsp3) is 0.300. The zero-order valence-corrected chi connectivity index (χ0v) is 15.0. The largest absolute Gasteiger partial charge is 0.349 e. The molecule has 0 aliphatic heterocycles. The second kappa shape index (κ2) is 7.99. The van der Waals surface area contributed by atoms with Crippen LogP contribution in [0.2, 0.25) is 0 Å². The van der Waals surface area contributed by atoms with Crippen molar-refractivity contribution in [3.8, 4) is 0 Å². The van der Waals surface area contributed by atoms with Gasteiger partial charge in [-0.05, 0) is 56.2 Å². The van der Waals surface area contributed by atoms with E-state index in [1.807, 2.05) is 0 Å². The summed E-state index contributed by atoms with van der Waals surface area (Å²) in [6.45, 7) is 1.59.